The molecule has 2 heterocycles. The lowest BCUT2D eigenvalue weighted by molar-refractivity contribution is 0.548. The van der Waals surface area contributed by atoms with Crippen molar-refractivity contribution in [1.29, 1.82) is 0 Å². The molecule has 2 aromatic heterocycles. The van der Waals surface area contributed by atoms with Crippen molar-refractivity contribution >= 4 is 0 Å². The number of nitrogens with two attached hydrogens (primary N) is 1. The summed E-state index contributed by atoms with van der Waals surface area (Å²) in [6, 6.07) is 1.74. The Bertz CT molecular complexity index is 456. The Balaban J connectivity index is 2.30. The van der Waals surface area contributed by atoms with E-state index >= 15 is 0 Å². The molecule has 1 unspecified atom stereocenters. The largest absolute Gasteiger partial charge is 0.336 e. The summed E-state index contributed by atoms with van der Waals surface area (Å²) in [7, 11) is 1.95. The van der Waals surface area contributed by atoms with Crippen LogP contribution in [0.4, 0.5) is 0 Å². The molecule has 0 amide bonds. The van der Waals surface area contributed by atoms with Gasteiger partial charge in [-0.3, -0.25) is 4.68 Å². The third kappa shape index (κ3) is 1.86. The van der Waals surface area contributed by atoms with Gasteiger partial charge < -0.3 is 10.3 Å². The fourth-order valence-electron chi connectivity index (χ4n) is 1.81. The smallest absolute Gasteiger partial charge is 0.131 e. The molecule has 1 atom stereocenters. The van der Waals surface area contributed by atoms with Crippen molar-refractivity contribution in [1.82, 2.24) is 19.3 Å². The zero-order valence-corrected chi connectivity index (χ0v) is 9.67. The van der Waals surface area contributed by atoms with Gasteiger partial charge in [-0.25, -0.2) is 4.98 Å². The first-order valence-corrected chi connectivity index (χ1v) is 5.48. The molecule has 0 aliphatic carbocycles. The molecule has 0 radical (unpaired) electrons. The van der Waals surface area contributed by atoms with Crippen LogP contribution in [0.1, 0.15) is 30.9 Å². The second-order valence-corrected chi connectivity index (χ2v) is 3.85. The minimum Gasteiger partial charge on any atom is -0.336 e. The Kier molecular flexibility index (Phi) is 3.05. The van der Waals surface area contributed by atoms with Crippen molar-refractivity contribution in [3.05, 3.63) is 36.2 Å². The third-order valence-corrected chi connectivity index (χ3v) is 2.64. The average Bonchev–Trinajstić information content (AvgIpc) is 2.87. The predicted molar refractivity (Wildman–Crippen MR) is 61.8 cm³/mol. The van der Waals surface area contributed by atoms with Crippen LogP contribution in [-0.4, -0.2) is 19.3 Å². The summed E-state index contributed by atoms with van der Waals surface area (Å²) in [6.45, 7) is 3.01. The van der Waals surface area contributed by atoms with Gasteiger partial charge in [0.05, 0.1) is 5.69 Å². The number of hydrogen-bond acceptors (Lipinski definition) is 3. The molecule has 0 aliphatic heterocycles. The topological polar surface area (TPSA) is 61.7 Å². The summed E-state index contributed by atoms with van der Waals surface area (Å²) >= 11 is 0. The highest BCUT2D eigenvalue weighted by atomic mass is 15.3. The summed E-state index contributed by atoms with van der Waals surface area (Å²) in [5, 5.41) is 4.27. The molecule has 2 rings (SSSR count). The Morgan fingerprint density at radius 3 is 2.88 bits per heavy atom. The first-order valence-electron chi connectivity index (χ1n) is 5.48. The number of rotatable bonds is 4. The van der Waals surface area contributed by atoms with E-state index in [1.807, 2.05) is 28.6 Å². The van der Waals surface area contributed by atoms with Crippen LogP contribution in [0, 0.1) is 0 Å². The van der Waals surface area contributed by atoms with E-state index in [1.54, 1.807) is 12.4 Å². The van der Waals surface area contributed by atoms with E-state index in [4.69, 9.17) is 5.73 Å². The molecular weight excluding hydrogens is 202 g/mol. The normalized spacial score (nSPS) is 12.9. The van der Waals surface area contributed by atoms with E-state index < -0.39 is 0 Å². The van der Waals surface area contributed by atoms with Crippen molar-refractivity contribution in [3.8, 4) is 0 Å². The summed E-state index contributed by atoms with van der Waals surface area (Å²) in [5.41, 5.74) is 7.20. The minimum atomic E-state index is -0.214. The van der Waals surface area contributed by atoms with Crippen LogP contribution < -0.4 is 5.73 Å². The van der Waals surface area contributed by atoms with Gasteiger partial charge in [-0.15, -0.1) is 0 Å². The van der Waals surface area contributed by atoms with E-state index in [1.165, 1.54) is 0 Å². The Morgan fingerprint density at radius 2 is 2.25 bits per heavy atom. The molecule has 2 N–H and O–H groups in total. The van der Waals surface area contributed by atoms with Gasteiger partial charge in [0.1, 0.15) is 11.9 Å². The first-order chi connectivity index (χ1) is 7.74. The van der Waals surface area contributed by atoms with Gasteiger partial charge in [-0.2, -0.15) is 5.10 Å². The number of nitrogens with zero attached hydrogens (tertiary/aromatic N) is 4. The zero-order chi connectivity index (χ0) is 11.5. The van der Waals surface area contributed by atoms with Gasteiger partial charge >= 0.3 is 0 Å². The monoisotopic (exact) mass is 219 g/mol. The lowest BCUT2D eigenvalue weighted by Gasteiger charge is -2.13. The second-order valence-electron chi connectivity index (χ2n) is 3.85. The Morgan fingerprint density at radius 1 is 1.44 bits per heavy atom. The summed E-state index contributed by atoms with van der Waals surface area (Å²) in [4.78, 5) is 4.27. The van der Waals surface area contributed by atoms with Crippen LogP contribution in [0.15, 0.2) is 24.7 Å². The molecule has 5 nitrogen and oxygen atoms in total. The van der Waals surface area contributed by atoms with Gasteiger partial charge in [-0.05, 0) is 12.5 Å². The molecule has 16 heavy (non-hydrogen) atoms. The molecule has 5 heteroatoms. The molecule has 2 aromatic rings. The number of aryl methyl sites for hydroxylation is 2. The molecular formula is C11H17N5. The van der Waals surface area contributed by atoms with Gasteiger partial charge in [0.15, 0.2) is 0 Å². The van der Waals surface area contributed by atoms with Crippen LogP contribution in [0.3, 0.4) is 0 Å². The fraction of sp³-hybridized carbons (Fsp3) is 0.455. The molecule has 0 aromatic carbocycles. The Hall–Kier alpha value is -1.62. The van der Waals surface area contributed by atoms with Crippen LogP contribution in [0.5, 0.6) is 0 Å². The highest BCUT2D eigenvalue weighted by Gasteiger charge is 2.17. The molecule has 0 fully saturated rings. The second kappa shape index (κ2) is 4.49. The highest BCUT2D eigenvalue weighted by Crippen LogP contribution is 2.17. The van der Waals surface area contributed by atoms with Gasteiger partial charge in [0.2, 0.25) is 0 Å². The maximum absolute atomic E-state index is 6.19. The van der Waals surface area contributed by atoms with Crippen molar-refractivity contribution in [2.45, 2.75) is 25.9 Å². The highest BCUT2D eigenvalue weighted by molar-refractivity contribution is 5.16. The maximum Gasteiger partial charge on any atom is 0.131 e. The Labute approximate surface area is 94.9 Å². The van der Waals surface area contributed by atoms with E-state index in [-0.39, 0.29) is 6.04 Å². The van der Waals surface area contributed by atoms with Crippen molar-refractivity contribution in [2.24, 2.45) is 12.8 Å². The molecule has 0 aliphatic rings. The molecule has 0 bridgehead atoms. The molecule has 0 saturated heterocycles. The first kappa shape index (κ1) is 10.9. The summed E-state index contributed by atoms with van der Waals surface area (Å²) < 4.78 is 3.88. The van der Waals surface area contributed by atoms with Crippen LogP contribution in [0.2, 0.25) is 0 Å². The number of hydrogen-bond donors (Lipinski definition) is 1. The van der Waals surface area contributed by atoms with Crippen LogP contribution in [-0.2, 0) is 13.6 Å². The minimum absolute atomic E-state index is 0.214. The van der Waals surface area contributed by atoms with Crippen molar-refractivity contribution in [2.75, 3.05) is 0 Å². The number of aromatic nitrogens is 4. The SMILES string of the molecule is CCCn1nccc1C(N)c1nccn1C. The van der Waals surface area contributed by atoms with E-state index in [0.29, 0.717) is 0 Å². The average molecular weight is 219 g/mol. The maximum atomic E-state index is 6.19. The van der Waals surface area contributed by atoms with E-state index in [9.17, 15) is 0 Å². The van der Waals surface area contributed by atoms with Crippen LogP contribution >= 0.6 is 0 Å². The lowest BCUT2D eigenvalue weighted by Crippen LogP contribution is -2.20. The van der Waals surface area contributed by atoms with Crippen LogP contribution in [0.25, 0.3) is 0 Å². The van der Waals surface area contributed by atoms with E-state index in [0.717, 1.165) is 24.5 Å². The standard InChI is InChI=1S/C11H17N5/c1-3-7-16-9(4-5-14-16)10(12)11-13-6-8-15(11)2/h4-6,8,10H,3,7,12H2,1-2H3. The zero-order valence-electron chi connectivity index (χ0n) is 9.67. The fourth-order valence-corrected chi connectivity index (χ4v) is 1.81. The van der Waals surface area contributed by atoms with Gasteiger partial charge in [0.25, 0.3) is 0 Å². The van der Waals surface area contributed by atoms with E-state index in [2.05, 4.69) is 17.0 Å². The molecule has 0 spiro atoms. The summed E-state index contributed by atoms with van der Waals surface area (Å²) in [5.74, 6) is 0.859. The van der Waals surface area contributed by atoms with Crippen molar-refractivity contribution in [3.63, 3.8) is 0 Å². The van der Waals surface area contributed by atoms with Crippen molar-refractivity contribution < 1.29 is 0 Å². The lowest BCUT2D eigenvalue weighted by atomic mass is 10.2. The molecule has 86 valence electrons. The third-order valence-electron chi connectivity index (χ3n) is 2.64. The van der Waals surface area contributed by atoms with Gasteiger partial charge in [0, 0.05) is 32.2 Å². The summed E-state index contributed by atoms with van der Waals surface area (Å²) in [6.07, 6.45) is 6.49. The molecule has 0 saturated carbocycles. The quantitative estimate of drug-likeness (QED) is 0.836. The van der Waals surface area contributed by atoms with Gasteiger partial charge in [-0.1, -0.05) is 6.92 Å². The predicted octanol–water partition coefficient (Wildman–Crippen LogP) is 1.07. The number of imidazole rings is 1.